The first kappa shape index (κ1) is 18.0. The van der Waals surface area contributed by atoms with Crippen molar-refractivity contribution in [2.45, 2.75) is 45.3 Å². The van der Waals surface area contributed by atoms with Gasteiger partial charge in [-0.25, -0.2) is 14.6 Å². The van der Waals surface area contributed by atoms with Crippen LogP contribution in [0.25, 0.3) is 0 Å². The highest BCUT2D eigenvalue weighted by Crippen LogP contribution is 2.28. The van der Waals surface area contributed by atoms with Crippen molar-refractivity contribution in [2.24, 2.45) is 0 Å². The van der Waals surface area contributed by atoms with Gasteiger partial charge in [0.05, 0.1) is 19.9 Å². The number of carbonyl (C=O) groups excluding carboxylic acids is 2. The average molecular weight is 336 g/mol. The summed E-state index contributed by atoms with van der Waals surface area (Å²) in [7, 11) is 1.30. The third-order valence-electron chi connectivity index (χ3n) is 3.58. The van der Waals surface area contributed by atoms with Crippen LogP contribution in [-0.2, 0) is 9.47 Å². The zero-order chi connectivity index (χ0) is 18.0. The monoisotopic (exact) mass is 336 g/mol. The molecule has 1 amide bonds. The van der Waals surface area contributed by atoms with Gasteiger partial charge in [-0.1, -0.05) is 0 Å². The number of ether oxygens (including phenoxy) is 3. The topological polar surface area (TPSA) is 78.0 Å². The van der Waals surface area contributed by atoms with Crippen molar-refractivity contribution in [2.75, 3.05) is 20.2 Å². The Kier molecular flexibility index (Phi) is 5.01. The molecule has 1 atom stereocenters. The van der Waals surface area contributed by atoms with Crippen LogP contribution in [0, 0.1) is 0 Å². The Morgan fingerprint density at radius 1 is 1.29 bits per heavy atom. The largest absolute Gasteiger partial charge is 0.484 e. The average Bonchev–Trinajstić information content (AvgIpc) is 2.88. The van der Waals surface area contributed by atoms with Gasteiger partial charge in [0.2, 0.25) is 0 Å². The van der Waals surface area contributed by atoms with E-state index in [4.69, 9.17) is 9.47 Å². The highest BCUT2D eigenvalue weighted by atomic mass is 16.6. The summed E-state index contributed by atoms with van der Waals surface area (Å²) < 4.78 is 16.0. The Hall–Kier alpha value is -2.31. The van der Waals surface area contributed by atoms with E-state index in [2.05, 4.69) is 9.72 Å². The Labute approximate surface area is 141 Å². The zero-order valence-corrected chi connectivity index (χ0v) is 14.8. The van der Waals surface area contributed by atoms with Crippen LogP contribution in [0.1, 0.15) is 44.6 Å². The number of hydrogen-bond acceptors (Lipinski definition) is 6. The molecule has 0 aromatic carbocycles. The quantitative estimate of drug-likeness (QED) is 0.790. The first-order valence-corrected chi connectivity index (χ1v) is 7.83. The van der Waals surface area contributed by atoms with Gasteiger partial charge in [0, 0.05) is 13.0 Å². The maximum atomic E-state index is 12.1. The van der Waals surface area contributed by atoms with Gasteiger partial charge in [0.25, 0.3) is 0 Å². The summed E-state index contributed by atoms with van der Waals surface area (Å²) in [6, 6.07) is 3.21. The second kappa shape index (κ2) is 6.67. The number of likely N-dealkylation sites (tertiary alicyclic amines) is 1. The Balaban J connectivity index is 1.98. The first-order valence-electron chi connectivity index (χ1n) is 7.83. The Bertz CT molecular complexity index is 608. The van der Waals surface area contributed by atoms with E-state index in [0.29, 0.717) is 25.3 Å². The minimum absolute atomic E-state index is 0.219. The van der Waals surface area contributed by atoms with Gasteiger partial charge >= 0.3 is 12.1 Å². The van der Waals surface area contributed by atoms with Gasteiger partial charge in [-0.3, -0.25) is 0 Å². The highest BCUT2D eigenvalue weighted by Gasteiger charge is 2.39. The molecular formula is C17H24N2O5. The van der Waals surface area contributed by atoms with Crippen molar-refractivity contribution < 1.29 is 23.8 Å². The lowest BCUT2D eigenvalue weighted by molar-refractivity contribution is 0.0228. The Morgan fingerprint density at radius 3 is 2.54 bits per heavy atom. The summed E-state index contributed by atoms with van der Waals surface area (Å²) in [5.41, 5.74) is -0.826. The number of amides is 1. The van der Waals surface area contributed by atoms with E-state index in [0.717, 1.165) is 0 Å². The van der Waals surface area contributed by atoms with E-state index in [9.17, 15) is 9.59 Å². The number of aromatic nitrogens is 1. The van der Waals surface area contributed by atoms with E-state index < -0.39 is 17.2 Å². The number of nitrogens with zero attached hydrogens (tertiary/aromatic N) is 2. The molecule has 132 valence electrons. The molecule has 24 heavy (non-hydrogen) atoms. The number of methoxy groups -OCH3 is 1. The summed E-state index contributed by atoms with van der Waals surface area (Å²) in [5, 5.41) is 0. The van der Waals surface area contributed by atoms with Crippen LogP contribution < -0.4 is 4.74 Å². The molecule has 0 N–H and O–H groups in total. The van der Waals surface area contributed by atoms with Crippen LogP contribution in [0.15, 0.2) is 18.3 Å². The van der Waals surface area contributed by atoms with Gasteiger partial charge in [-0.2, -0.15) is 0 Å². The number of esters is 1. The summed E-state index contributed by atoms with van der Waals surface area (Å²) in [5.74, 6) is 0.0425. The minimum atomic E-state index is -0.523. The van der Waals surface area contributed by atoms with Crippen LogP contribution in [0.3, 0.4) is 0 Å². The number of pyridine rings is 1. The van der Waals surface area contributed by atoms with Gasteiger partial charge in [0.15, 0.2) is 0 Å². The molecule has 1 aromatic heterocycles. The van der Waals surface area contributed by atoms with Gasteiger partial charge in [-0.05, 0) is 39.8 Å². The summed E-state index contributed by atoms with van der Waals surface area (Å²) in [6.07, 6.45) is 1.83. The molecule has 7 nitrogen and oxygen atoms in total. The number of rotatable bonds is 3. The molecule has 2 heterocycles. The fourth-order valence-electron chi connectivity index (χ4n) is 2.45. The maximum Gasteiger partial charge on any atom is 0.410 e. The number of hydrogen-bond donors (Lipinski definition) is 0. The fraction of sp³-hybridized carbons (Fsp3) is 0.588. The summed E-state index contributed by atoms with van der Waals surface area (Å²) in [6.45, 7) is 8.45. The summed E-state index contributed by atoms with van der Waals surface area (Å²) in [4.78, 5) is 29.2. The molecule has 0 spiro atoms. The Morgan fingerprint density at radius 2 is 2.00 bits per heavy atom. The van der Waals surface area contributed by atoms with Crippen LogP contribution in [0.4, 0.5) is 4.79 Å². The molecule has 0 aliphatic carbocycles. The van der Waals surface area contributed by atoms with Gasteiger partial charge in [-0.15, -0.1) is 0 Å². The molecule has 0 radical (unpaired) electrons. The van der Waals surface area contributed by atoms with E-state index in [1.54, 1.807) is 17.0 Å². The molecule has 7 heteroatoms. The third-order valence-corrected chi connectivity index (χ3v) is 3.58. The zero-order valence-electron chi connectivity index (χ0n) is 14.8. The van der Waals surface area contributed by atoms with Crippen molar-refractivity contribution in [3.05, 3.63) is 24.0 Å². The van der Waals surface area contributed by atoms with Crippen molar-refractivity contribution in [1.82, 2.24) is 9.88 Å². The lowest BCUT2D eigenvalue weighted by atomic mass is 10.1. The second-order valence-electron chi connectivity index (χ2n) is 7.07. The van der Waals surface area contributed by atoms with E-state index in [-0.39, 0.29) is 11.8 Å². The van der Waals surface area contributed by atoms with Crippen LogP contribution in [0.5, 0.6) is 5.75 Å². The van der Waals surface area contributed by atoms with Crippen LogP contribution >= 0.6 is 0 Å². The predicted octanol–water partition coefficient (Wildman–Crippen LogP) is 2.65. The smallest absolute Gasteiger partial charge is 0.410 e. The fourth-order valence-corrected chi connectivity index (χ4v) is 2.45. The second-order valence-corrected chi connectivity index (χ2v) is 7.07. The maximum absolute atomic E-state index is 12.1. The molecule has 1 aliphatic heterocycles. The molecule has 1 aliphatic rings. The molecule has 1 saturated heterocycles. The van der Waals surface area contributed by atoms with E-state index in [1.807, 2.05) is 27.7 Å². The van der Waals surface area contributed by atoms with Gasteiger partial charge < -0.3 is 19.1 Å². The molecule has 2 rings (SSSR count). The van der Waals surface area contributed by atoms with Crippen molar-refractivity contribution in [3.63, 3.8) is 0 Å². The van der Waals surface area contributed by atoms with Crippen LogP contribution in [-0.4, -0.2) is 53.3 Å². The molecule has 0 unspecified atom stereocenters. The minimum Gasteiger partial charge on any atom is -0.484 e. The highest BCUT2D eigenvalue weighted by molar-refractivity contribution is 5.87. The van der Waals surface area contributed by atoms with Crippen molar-refractivity contribution in [1.29, 1.82) is 0 Å². The third kappa shape index (κ3) is 4.59. The standard InChI is InChI=1S/C17H24N2O5/c1-16(2,3)24-15(21)19-9-8-17(4,11-19)23-12-6-7-13(18-10-12)14(20)22-5/h6-7,10H,8-9,11H2,1-5H3/t17-/m1/s1. The first-order chi connectivity index (χ1) is 11.1. The normalized spacial score (nSPS) is 20.6. The molecule has 1 fully saturated rings. The van der Waals surface area contributed by atoms with Crippen molar-refractivity contribution >= 4 is 12.1 Å². The predicted molar refractivity (Wildman–Crippen MR) is 87.0 cm³/mol. The number of carbonyl (C=O) groups is 2. The molecule has 1 aromatic rings. The SMILES string of the molecule is COC(=O)c1ccc(O[C@]2(C)CCN(C(=O)OC(C)(C)C)C2)cn1. The molecular weight excluding hydrogens is 312 g/mol. The van der Waals surface area contributed by atoms with E-state index >= 15 is 0 Å². The summed E-state index contributed by atoms with van der Waals surface area (Å²) >= 11 is 0. The van der Waals surface area contributed by atoms with Crippen LogP contribution in [0.2, 0.25) is 0 Å². The molecule has 0 bridgehead atoms. The molecule has 0 saturated carbocycles. The van der Waals surface area contributed by atoms with Gasteiger partial charge in [0.1, 0.15) is 22.6 Å². The lowest BCUT2D eigenvalue weighted by Gasteiger charge is -2.27. The lowest BCUT2D eigenvalue weighted by Crippen LogP contribution is -2.40. The van der Waals surface area contributed by atoms with Crippen molar-refractivity contribution in [3.8, 4) is 5.75 Å². The van der Waals surface area contributed by atoms with E-state index in [1.165, 1.54) is 13.3 Å².